The Balaban J connectivity index is 1.50. The number of rotatable bonds is 6. The van der Waals surface area contributed by atoms with E-state index in [1.54, 1.807) is 12.1 Å². The second-order valence-electron chi connectivity index (χ2n) is 6.37. The summed E-state index contributed by atoms with van der Waals surface area (Å²) in [5.74, 6) is 0.663. The Morgan fingerprint density at radius 3 is 2.58 bits per heavy atom. The van der Waals surface area contributed by atoms with E-state index < -0.39 is 10.8 Å². The molecule has 0 fully saturated rings. The average Bonchev–Trinajstić information content (AvgIpc) is 3.22. The van der Waals surface area contributed by atoms with Gasteiger partial charge in [0.2, 0.25) is 5.91 Å². The first-order valence-corrected chi connectivity index (χ1v) is 9.76. The Morgan fingerprint density at radius 2 is 1.90 bits per heavy atom. The summed E-state index contributed by atoms with van der Waals surface area (Å²) in [7, 11) is 0. The molecule has 0 saturated carbocycles. The highest BCUT2D eigenvalue weighted by molar-refractivity contribution is 7.80. The van der Waals surface area contributed by atoms with Gasteiger partial charge in [-0.1, -0.05) is 23.7 Å². The number of nitrogens with zero attached hydrogens (tertiary/aromatic N) is 1. The number of hydrazine groups is 1. The molecule has 0 saturated heterocycles. The van der Waals surface area contributed by atoms with Crippen LogP contribution in [0.15, 0.2) is 65.1 Å². The van der Waals surface area contributed by atoms with E-state index >= 15 is 0 Å². The number of benzene rings is 2. The number of carbonyl (C=O) groups is 1. The van der Waals surface area contributed by atoms with Crippen LogP contribution in [0, 0.1) is 17.0 Å². The number of halogens is 1. The molecule has 0 unspecified atom stereocenters. The van der Waals surface area contributed by atoms with Crippen LogP contribution in [0.1, 0.15) is 11.3 Å². The van der Waals surface area contributed by atoms with Gasteiger partial charge in [0.05, 0.1) is 10.6 Å². The van der Waals surface area contributed by atoms with Gasteiger partial charge < -0.3 is 4.42 Å². The highest BCUT2D eigenvalue weighted by Crippen LogP contribution is 2.27. The maximum absolute atomic E-state index is 12.0. The number of nitrogens with one attached hydrogen (secondary N) is 3. The fourth-order valence-corrected chi connectivity index (χ4v) is 2.81. The summed E-state index contributed by atoms with van der Waals surface area (Å²) in [6.07, 6.45) is 2.80. The number of amides is 1. The van der Waals surface area contributed by atoms with Gasteiger partial charge in [0.15, 0.2) is 5.11 Å². The van der Waals surface area contributed by atoms with Crippen molar-refractivity contribution < 1.29 is 14.1 Å². The molecule has 1 amide bonds. The summed E-state index contributed by atoms with van der Waals surface area (Å²) >= 11 is 11.2. The van der Waals surface area contributed by atoms with Crippen LogP contribution in [0.4, 0.5) is 11.4 Å². The van der Waals surface area contributed by atoms with E-state index in [1.807, 2.05) is 25.1 Å². The molecule has 3 rings (SSSR count). The number of thiocarbonyl (C=S) groups is 1. The van der Waals surface area contributed by atoms with Crippen LogP contribution >= 0.6 is 23.8 Å². The molecule has 0 aliphatic rings. The number of furan rings is 1. The molecular weight excluding hydrogens is 440 g/mol. The molecule has 158 valence electrons. The molecule has 2 aromatic carbocycles. The lowest BCUT2D eigenvalue weighted by Crippen LogP contribution is -2.41. The van der Waals surface area contributed by atoms with Crippen molar-refractivity contribution in [2.24, 2.45) is 0 Å². The van der Waals surface area contributed by atoms with Crippen LogP contribution in [-0.2, 0) is 4.79 Å². The molecule has 0 aliphatic heterocycles. The number of nitro benzene ring substituents is 1. The van der Waals surface area contributed by atoms with E-state index in [1.165, 1.54) is 36.4 Å². The number of anilines is 1. The fraction of sp³-hybridized carbons (Fsp3) is 0.0476. The minimum Gasteiger partial charge on any atom is -0.457 e. The summed E-state index contributed by atoms with van der Waals surface area (Å²) in [6.45, 7) is 1.92. The standard InChI is InChI=1S/C21H17ClN4O4S/c1-13-2-3-14(12-18(13)22)19-10-8-17(30-19)9-11-20(27)23-21(31)25-24-15-4-6-16(7-5-15)26(28)29/h2-12,24H,1H3,(H2,23,25,27,31)/b11-9+. The molecule has 0 aliphatic carbocycles. The Kier molecular flexibility index (Phi) is 7.01. The van der Waals surface area contributed by atoms with Gasteiger partial charge in [-0.15, -0.1) is 0 Å². The van der Waals surface area contributed by atoms with Crippen LogP contribution in [0.2, 0.25) is 5.02 Å². The van der Waals surface area contributed by atoms with Crippen LogP contribution in [0.5, 0.6) is 0 Å². The highest BCUT2D eigenvalue weighted by Gasteiger charge is 2.07. The second kappa shape index (κ2) is 9.88. The van der Waals surface area contributed by atoms with Crippen LogP contribution in [-0.4, -0.2) is 15.9 Å². The predicted molar refractivity (Wildman–Crippen MR) is 124 cm³/mol. The molecule has 0 radical (unpaired) electrons. The van der Waals surface area contributed by atoms with Crippen LogP contribution < -0.4 is 16.2 Å². The predicted octanol–water partition coefficient (Wildman–Crippen LogP) is 4.85. The van der Waals surface area contributed by atoms with Gasteiger partial charge in [0.25, 0.3) is 5.69 Å². The molecule has 0 bridgehead atoms. The van der Waals surface area contributed by atoms with E-state index in [4.69, 9.17) is 28.2 Å². The van der Waals surface area contributed by atoms with E-state index in [-0.39, 0.29) is 10.8 Å². The van der Waals surface area contributed by atoms with Crippen molar-refractivity contribution in [1.82, 2.24) is 10.7 Å². The first kappa shape index (κ1) is 22.0. The van der Waals surface area contributed by atoms with Crippen molar-refractivity contribution in [3.63, 3.8) is 0 Å². The SMILES string of the molecule is Cc1ccc(-c2ccc(/C=C/C(=O)NC(=S)NNc3ccc([N+](=O)[O-])cc3)o2)cc1Cl. The van der Waals surface area contributed by atoms with Crippen molar-refractivity contribution in [1.29, 1.82) is 0 Å². The topological polar surface area (TPSA) is 109 Å². The summed E-state index contributed by atoms with van der Waals surface area (Å²) < 4.78 is 5.72. The van der Waals surface area contributed by atoms with Crippen molar-refractivity contribution in [3.8, 4) is 11.3 Å². The molecule has 3 aromatic rings. The largest absolute Gasteiger partial charge is 0.457 e. The van der Waals surface area contributed by atoms with Gasteiger partial charge in [0, 0.05) is 28.8 Å². The summed E-state index contributed by atoms with van der Waals surface area (Å²) in [4.78, 5) is 22.2. The summed E-state index contributed by atoms with van der Waals surface area (Å²) in [6, 6.07) is 14.9. The lowest BCUT2D eigenvalue weighted by molar-refractivity contribution is -0.384. The molecule has 0 atom stereocenters. The van der Waals surface area contributed by atoms with Gasteiger partial charge in [-0.2, -0.15) is 0 Å². The summed E-state index contributed by atoms with van der Waals surface area (Å²) in [5.41, 5.74) is 7.68. The van der Waals surface area contributed by atoms with E-state index in [0.29, 0.717) is 22.2 Å². The third-order valence-corrected chi connectivity index (χ3v) is 4.73. The third kappa shape index (κ3) is 6.14. The van der Waals surface area contributed by atoms with Crippen molar-refractivity contribution >= 4 is 52.3 Å². The number of non-ortho nitro benzene ring substituents is 1. The summed E-state index contributed by atoms with van der Waals surface area (Å²) in [5, 5.41) is 13.8. The van der Waals surface area contributed by atoms with Gasteiger partial charge in [-0.25, -0.2) is 0 Å². The monoisotopic (exact) mass is 456 g/mol. The molecule has 31 heavy (non-hydrogen) atoms. The molecule has 0 spiro atoms. The first-order chi connectivity index (χ1) is 14.8. The van der Waals surface area contributed by atoms with Crippen molar-refractivity contribution in [3.05, 3.63) is 87.1 Å². The normalized spacial score (nSPS) is 10.6. The fourth-order valence-electron chi connectivity index (χ4n) is 2.48. The molecule has 10 heteroatoms. The number of hydrogen-bond acceptors (Lipinski definition) is 6. The van der Waals surface area contributed by atoms with Gasteiger partial charge in [-0.3, -0.25) is 31.1 Å². The lowest BCUT2D eigenvalue weighted by atomic mass is 10.1. The van der Waals surface area contributed by atoms with Crippen molar-refractivity contribution in [2.75, 3.05) is 5.43 Å². The first-order valence-electron chi connectivity index (χ1n) is 8.98. The smallest absolute Gasteiger partial charge is 0.269 e. The highest BCUT2D eigenvalue weighted by atomic mass is 35.5. The lowest BCUT2D eigenvalue weighted by Gasteiger charge is -2.10. The Labute approximate surface area is 188 Å². The average molecular weight is 457 g/mol. The number of aryl methyl sites for hydroxylation is 1. The minimum atomic E-state index is -0.494. The maximum Gasteiger partial charge on any atom is 0.269 e. The molecule has 1 aromatic heterocycles. The minimum absolute atomic E-state index is 0.0295. The quantitative estimate of drug-likeness (QED) is 0.210. The number of hydrogen-bond donors (Lipinski definition) is 3. The Morgan fingerprint density at radius 1 is 1.16 bits per heavy atom. The van der Waals surface area contributed by atoms with Crippen LogP contribution in [0.3, 0.4) is 0 Å². The molecule has 3 N–H and O–H groups in total. The zero-order chi connectivity index (χ0) is 22.4. The maximum atomic E-state index is 12.0. The molecule has 8 nitrogen and oxygen atoms in total. The van der Waals surface area contributed by atoms with Crippen LogP contribution in [0.25, 0.3) is 17.4 Å². The Bertz CT molecular complexity index is 1160. The van der Waals surface area contributed by atoms with E-state index in [9.17, 15) is 14.9 Å². The number of carbonyl (C=O) groups excluding carboxylic acids is 1. The molecule has 1 heterocycles. The van der Waals surface area contributed by atoms with Gasteiger partial charge in [0.1, 0.15) is 11.5 Å². The molecular formula is C21H17ClN4O4S. The van der Waals surface area contributed by atoms with Gasteiger partial charge in [-0.05, 0) is 61.1 Å². The number of nitro groups is 1. The van der Waals surface area contributed by atoms with E-state index in [2.05, 4.69) is 16.2 Å². The third-order valence-electron chi connectivity index (χ3n) is 4.12. The van der Waals surface area contributed by atoms with E-state index in [0.717, 1.165) is 11.1 Å². The van der Waals surface area contributed by atoms with Gasteiger partial charge >= 0.3 is 0 Å². The Hall–Kier alpha value is -3.69. The van der Waals surface area contributed by atoms with Crippen molar-refractivity contribution in [2.45, 2.75) is 6.92 Å². The second-order valence-corrected chi connectivity index (χ2v) is 7.19. The zero-order valence-corrected chi connectivity index (χ0v) is 17.8. The zero-order valence-electron chi connectivity index (χ0n) is 16.2.